The first-order valence-electron chi connectivity index (χ1n) is 3.70. The van der Waals surface area contributed by atoms with Crippen molar-refractivity contribution in [3.05, 3.63) is 36.3 Å². The Morgan fingerprint density at radius 2 is 2.00 bits per heavy atom. The third-order valence-electron chi connectivity index (χ3n) is 1.80. The predicted octanol–water partition coefficient (Wildman–Crippen LogP) is 1.21. The van der Waals surface area contributed by atoms with Crippen LogP contribution >= 0.6 is 0 Å². The largest absolute Gasteiger partial charge is 0.508 e. The van der Waals surface area contributed by atoms with E-state index in [0.717, 1.165) is 6.20 Å². The van der Waals surface area contributed by atoms with Gasteiger partial charge in [0, 0.05) is 4.73 Å². The molecule has 0 saturated heterocycles. The van der Waals surface area contributed by atoms with E-state index in [4.69, 9.17) is 5.11 Å². The fourth-order valence-electron chi connectivity index (χ4n) is 1.22. The number of aromatic nitrogens is 1. The third kappa shape index (κ3) is 1.26. The number of phenolic OH excluding ortho intramolecular Hbond substituents is 1. The summed E-state index contributed by atoms with van der Waals surface area (Å²) in [6.07, 6.45) is 0.932. The van der Waals surface area contributed by atoms with Crippen molar-refractivity contribution in [2.24, 2.45) is 0 Å². The number of fused-ring (bicyclic) bond motifs is 1. The standard InChI is InChI=1S/C9H6FNO2/c10-7-3-6-1-2-8(12)4-9(6)11(13)5-7/h1-5,13H/p+1. The number of aromatic hydroxyl groups is 1. The van der Waals surface area contributed by atoms with Crippen molar-refractivity contribution in [2.75, 3.05) is 0 Å². The molecule has 0 aliphatic rings. The summed E-state index contributed by atoms with van der Waals surface area (Å²) in [4.78, 5) is 0. The van der Waals surface area contributed by atoms with Gasteiger partial charge >= 0.3 is 0 Å². The highest BCUT2D eigenvalue weighted by molar-refractivity contribution is 5.76. The number of phenols is 1. The molecule has 2 N–H and O–H groups in total. The Kier molecular flexibility index (Phi) is 1.55. The fourth-order valence-corrected chi connectivity index (χ4v) is 1.22. The van der Waals surface area contributed by atoms with Crippen LogP contribution in [0.1, 0.15) is 0 Å². The monoisotopic (exact) mass is 180 g/mol. The molecular weight excluding hydrogens is 173 g/mol. The van der Waals surface area contributed by atoms with Crippen LogP contribution < -0.4 is 4.73 Å². The minimum atomic E-state index is -0.527. The van der Waals surface area contributed by atoms with Crippen molar-refractivity contribution in [2.45, 2.75) is 0 Å². The second-order valence-corrected chi connectivity index (χ2v) is 2.75. The molecule has 3 nitrogen and oxygen atoms in total. The van der Waals surface area contributed by atoms with Crippen molar-refractivity contribution in [1.82, 2.24) is 0 Å². The highest BCUT2D eigenvalue weighted by Gasteiger charge is 2.10. The summed E-state index contributed by atoms with van der Waals surface area (Å²) in [5.41, 5.74) is 0.362. The molecule has 0 aliphatic heterocycles. The maximum absolute atomic E-state index is 12.8. The summed E-state index contributed by atoms with van der Waals surface area (Å²) in [5, 5.41) is 18.9. The van der Waals surface area contributed by atoms with Gasteiger partial charge in [-0.05, 0) is 18.2 Å². The normalized spacial score (nSPS) is 10.5. The Balaban J connectivity index is 2.87. The van der Waals surface area contributed by atoms with Crippen LogP contribution in [0.3, 0.4) is 0 Å². The van der Waals surface area contributed by atoms with Crippen LogP contribution in [-0.2, 0) is 0 Å². The minimum Gasteiger partial charge on any atom is -0.508 e. The predicted molar refractivity (Wildman–Crippen MR) is 43.0 cm³/mol. The molecule has 0 bridgehead atoms. The summed E-state index contributed by atoms with van der Waals surface area (Å²) >= 11 is 0. The molecule has 0 radical (unpaired) electrons. The molecule has 4 heteroatoms. The van der Waals surface area contributed by atoms with Gasteiger partial charge in [0.15, 0.2) is 5.82 Å². The van der Waals surface area contributed by atoms with Crippen LogP contribution in [0.25, 0.3) is 10.9 Å². The molecule has 2 aromatic rings. The van der Waals surface area contributed by atoms with Crippen molar-refractivity contribution in [3.63, 3.8) is 0 Å². The topological polar surface area (TPSA) is 44.3 Å². The molecule has 0 unspecified atom stereocenters. The van der Waals surface area contributed by atoms with Crippen LogP contribution in [0, 0.1) is 5.82 Å². The van der Waals surface area contributed by atoms with Crippen LogP contribution in [0.2, 0.25) is 0 Å². The highest BCUT2D eigenvalue weighted by atomic mass is 19.1. The summed E-state index contributed by atoms with van der Waals surface area (Å²) < 4.78 is 13.4. The lowest BCUT2D eigenvalue weighted by Gasteiger charge is -1.94. The molecule has 1 heterocycles. The van der Waals surface area contributed by atoms with E-state index in [0.29, 0.717) is 15.6 Å². The first-order chi connectivity index (χ1) is 6.16. The quantitative estimate of drug-likeness (QED) is 0.472. The average Bonchev–Trinajstić information content (AvgIpc) is 2.06. The van der Waals surface area contributed by atoms with Crippen LogP contribution in [0.5, 0.6) is 5.75 Å². The van der Waals surface area contributed by atoms with Crippen molar-refractivity contribution >= 4 is 10.9 Å². The smallest absolute Gasteiger partial charge is 0.268 e. The van der Waals surface area contributed by atoms with E-state index in [-0.39, 0.29) is 5.75 Å². The first-order valence-corrected chi connectivity index (χ1v) is 3.70. The lowest BCUT2D eigenvalue weighted by molar-refractivity contribution is -0.885. The molecule has 0 amide bonds. The summed E-state index contributed by atoms with van der Waals surface area (Å²) in [6.45, 7) is 0. The van der Waals surface area contributed by atoms with Gasteiger partial charge in [0.1, 0.15) is 5.75 Å². The zero-order valence-electron chi connectivity index (χ0n) is 6.61. The molecule has 66 valence electrons. The van der Waals surface area contributed by atoms with E-state index >= 15 is 0 Å². The maximum Gasteiger partial charge on any atom is 0.268 e. The molecule has 1 aromatic heterocycles. The van der Waals surface area contributed by atoms with E-state index in [1.165, 1.54) is 24.3 Å². The zero-order chi connectivity index (χ0) is 9.42. The van der Waals surface area contributed by atoms with Gasteiger partial charge in [0.2, 0.25) is 0 Å². The zero-order valence-corrected chi connectivity index (χ0v) is 6.61. The van der Waals surface area contributed by atoms with E-state index in [9.17, 15) is 9.60 Å². The second kappa shape index (κ2) is 2.58. The Morgan fingerprint density at radius 3 is 2.77 bits per heavy atom. The summed E-state index contributed by atoms with van der Waals surface area (Å²) in [5.74, 6) is -0.498. The number of nitrogens with zero attached hydrogens (tertiary/aromatic N) is 1. The Labute approximate surface area is 73.3 Å². The molecule has 0 atom stereocenters. The van der Waals surface area contributed by atoms with Crippen LogP contribution in [0.4, 0.5) is 4.39 Å². The number of pyridine rings is 1. The summed E-state index contributed by atoms with van der Waals surface area (Å²) in [6, 6.07) is 5.60. The van der Waals surface area contributed by atoms with Gasteiger partial charge in [-0.3, -0.25) is 5.21 Å². The maximum atomic E-state index is 12.8. The van der Waals surface area contributed by atoms with Crippen molar-refractivity contribution in [1.29, 1.82) is 0 Å². The van der Waals surface area contributed by atoms with Gasteiger partial charge in [0.25, 0.3) is 11.7 Å². The van der Waals surface area contributed by atoms with E-state index in [1.54, 1.807) is 0 Å². The van der Waals surface area contributed by atoms with Gasteiger partial charge < -0.3 is 5.11 Å². The summed E-state index contributed by atoms with van der Waals surface area (Å²) in [7, 11) is 0. The third-order valence-corrected chi connectivity index (χ3v) is 1.80. The van der Waals surface area contributed by atoms with E-state index in [1.807, 2.05) is 0 Å². The highest BCUT2D eigenvalue weighted by Crippen LogP contribution is 2.16. The SMILES string of the molecule is Oc1ccc2cc(F)c[n+](O)c2c1. The van der Waals surface area contributed by atoms with Gasteiger partial charge in [-0.2, -0.15) is 0 Å². The van der Waals surface area contributed by atoms with Crippen LogP contribution in [0.15, 0.2) is 30.5 Å². The molecule has 13 heavy (non-hydrogen) atoms. The lowest BCUT2D eigenvalue weighted by Crippen LogP contribution is -2.30. The minimum absolute atomic E-state index is 0.0295. The molecule has 0 fully saturated rings. The Morgan fingerprint density at radius 1 is 1.23 bits per heavy atom. The van der Waals surface area contributed by atoms with Crippen molar-refractivity contribution in [3.8, 4) is 5.75 Å². The first kappa shape index (κ1) is 7.79. The molecule has 1 aromatic carbocycles. The molecule has 0 spiro atoms. The van der Waals surface area contributed by atoms with Gasteiger partial charge in [-0.1, -0.05) is 0 Å². The molecule has 2 rings (SSSR count). The number of halogens is 1. The number of rotatable bonds is 0. The fraction of sp³-hybridized carbons (Fsp3) is 0. The average molecular weight is 180 g/mol. The molecule has 0 saturated carbocycles. The number of hydrogen-bond donors (Lipinski definition) is 2. The van der Waals surface area contributed by atoms with Gasteiger partial charge in [-0.15, -0.1) is 0 Å². The number of benzene rings is 1. The van der Waals surface area contributed by atoms with E-state index < -0.39 is 5.82 Å². The molecular formula is C9H7FNO2+. The van der Waals surface area contributed by atoms with E-state index in [2.05, 4.69) is 0 Å². The van der Waals surface area contributed by atoms with Crippen molar-refractivity contribution < 1.29 is 19.4 Å². The Bertz CT molecular complexity index is 470. The Hall–Kier alpha value is -1.84. The number of hydrogen-bond acceptors (Lipinski definition) is 2. The van der Waals surface area contributed by atoms with Gasteiger partial charge in [-0.25, -0.2) is 4.39 Å². The lowest BCUT2D eigenvalue weighted by atomic mass is 10.2. The molecule has 0 aliphatic carbocycles. The van der Waals surface area contributed by atoms with Gasteiger partial charge in [0.05, 0.1) is 11.5 Å². The second-order valence-electron chi connectivity index (χ2n) is 2.75. The van der Waals surface area contributed by atoms with Crippen LogP contribution in [-0.4, -0.2) is 10.3 Å².